The summed E-state index contributed by atoms with van der Waals surface area (Å²) in [5.41, 5.74) is 2.46. The molecule has 17 heavy (non-hydrogen) atoms. The Hall–Kier alpha value is -1.33. The van der Waals surface area contributed by atoms with E-state index in [1.54, 1.807) is 12.5 Å². The van der Waals surface area contributed by atoms with Crippen LogP contribution in [0.4, 0.5) is 0 Å². The predicted octanol–water partition coefficient (Wildman–Crippen LogP) is 1.32. The Kier molecular flexibility index (Phi) is 2.86. The molecule has 2 aromatic heterocycles. The molecule has 2 aromatic rings. The zero-order valence-corrected chi connectivity index (χ0v) is 10.2. The second-order valence-electron chi connectivity index (χ2n) is 4.28. The first-order valence-electron chi connectivity index (χ1n) is 5.73. The van der Waals surface area contributed by atoms with Gasteiger partial charge in [-0.05, 0) is 0 Å². The third-order valence-electron chi connectivity index (χ3n) is 3.10. The highest BCUT2D eigenvalue weighted by molar-refractivity contribution is 6.30. The van der Waals surface area contributed by atoms with Crippen molar-refractivity contribution >= 4 is 11.6 Å². The van der Waals surface area contributed by atoms with Gasteiger partial charge in [0.1, 0.15) is 0 Å². The topological polar surface area (TPSA) is 49.7 Å². The molecule has 1 N–H and O–H groups in total. The van der Waals surface area contributed by atoms with Crippen molar-refractivity contribution in [3.05, 3.63) is 35.1 Å². The molecule has 0 atom stereocenters. The first-order chi connectivity index (χ1) is 8.31. The van der Waals surface area contributed by atoms with Gasteiger partial charge in [0.25, 0.3) is 0 Å². The number of hydrogen-bond acceptors (Lipinski definition) is 3. The molecule has 5 nitrogen and oxygen atoms in total. The van der Waals surface area contributed by atoms with Crippen molar-refractivity contribution in [2.75, 3.05) is 13.1 Å². The molecule has 0 unspecified atom stereocenters. The van der Waals surface area contributed by atoms with Gasteiger partial charge in [0.05, 0.1) is 35.5 Å². The second-order valence-corrected chi connectivity index (χ2v) is 4.71. The Labute approximate surface area is 104 Å². The maximum Gasteiger partial charge on any atom is 0.0925 e. The lowest BCUT2D eigenvalue weighted by atomic mass is 10.1. The summed E-state index contributed by atoms with van der Waals surface area (Å²) in [7, 11) is 0. The van der Waals surface area contributed by atoms with Crippen molar-refractivity contribution in [3.8, 4) is 0 Å². The monoisotopic (exact) mass is 251 g/mol. The second kappa shape index (κ2) is 4.50. The van der Waals surface area contributed by atoms with Crippen LogP contribution in [-0.2, 0) is 19.5 Å². The maximum atomic E-state index is 5.82. The summed E-state index contributed by atoms with van der Waals surface area (Å²) in [4.78, 5) is 9.89. The molecule has 0 fully saturated rings. The molecule has 0 saturated heterocycles. The molecule has 0 saturated carbocycles. The Bertz CT molecular complexity index is 503. The van der Waals surface area contributed by atoms with Gasteiger partial charge in [-0.3, -0.25) is 9.58 Å². The van der Waals surface area contributed by atoms with Crippen LogP contribution in [-0.4, -0.2) is 37.7 Å². The van der Waals surface area contributed by atoms with Gasteiger partial charge in [0.2, 0.25) is 0 Å². The lowest BCUT2D eigenvalue weighted by molar-refractivity contribution is 0.236. The van der Waals surface area contributed by atoms with E-state index in [0.717, 1.165) is 32.6 Å². The SMILES string of the molecule is Clc1cnn(CCN2CCc3nc[nH]c3C2)c1. The van der Waals surface area contributed by atoms with Gasteiger partial charge in [-0.15, -0.1) is 0 Å². The van der Waals surface area contributed by atoms with E-state index in [4.69, 9.17) is 11.6 Å². The molecule has 0 amide bonds. The highest BCUT2D eigenvalue weighted by atomic mass is 35.5. The molecule has 3 rings (SSSR count). The summed E-state index contributed by atoms with van der Waals surface area (Å²) in [6.07, 6.45) is 6.33. The largest absolute Gasteiger partial charge is 0.347 e. The Morgan fingerprint density at radius 3 is 3.18 bits per heavy atom. The van der Waals surface area contributed by atoms with Crippen LogP contribution in [0.3, 0.4) is 0 Å². The average Bonchev–Trinajstić information content (AvgIpc) is 2.94. The fraction of sp³-hybridized carbons (Fsp3) is 0.455. The van der Waals surface area contributed by atoms with Gasteiger partial charge >= 0.3 is 0 Å². The summed E-state index contributed by atoms with van der Waals surface area (Å²) in [5, 5.41) is 4.87. The minimum atomic E-state index is 0.694. The molecular weight excluding hydrogens is 238 g/mol. The van der Waals surface area contributed by atoms with E-state index < -0.39 is 0 Å². The number of rotatable bonds is 3. The fourth-order valence-corrected chi connectivity index (χ4v) is 2.32. The number of imidazole rings is 1. The average molecular weight is 252 g/mol. The molecule has 3 heterocycles. The molecular formula is C11H14ClN5. The van der Waals surface area contributed by atoms with E-state index in [9.17, 15) is 0 Å². The van der Waals surface area contributed by atoms with Crippen LogP contribution in [0.2, 0.25) is 5.02 Å². The molecule has 0 aromatic carbocycles. The standard InChI is InChI=1S/C11H14ClN5/c12-9-5-15-17(6-9)4-3-16-2-1-10-11(7-16)14-8-13-10/h5-6,8H,1-4,7H2,(H,13,14). The Morgan fingerprint density at radius 1 is 1.41 bits per heavy atom. The third-order valence-corrected chi connectivity index (χ3v) is 3.30. The van der Waals surface area contributed by atoms with E-state index >= 15 is 0 Å². The minimum Gasteiger partial charge on any atom is -0.347 e. The van der Waals surface area contributed by atoms with E-state index in [0.29, 0.717) is 5.02 Å². The van der Waals surface area contributed by atoms with Crippen molar-refractivity contribution in [2.45, 2.75) is 19.5 Å². The molecule has 1 aliphatic heterocycles. The van der Waals surface area contributed by atoms with Crippen molar-refractivity contribution in [3.63, 3.8) is 0 Å². The van der Waals surface area contributed by atoms with Crippen LogP contribution in [0, 0.1) is 0 Å². The zero-order valence-electron chi connectivity index (χ0n) is 9.43. The highest BCUT2D eigenvalue weighted by Crippen LogP contribution is 2.14. The van der Waals surface area contributed by atoms with Crippen LogP contribution >= 0.6 is 11.6 Å². The lowest BCUT2D eigenvalue weighted by Crippen LogP contribution is -2.33. The zero-order chi connectivity index (χ0) is 11.7. The Balaban J connectivity index is 1.57. The smallest absolute Gasteiger partial charge is 0.0925 e. The van der Waals surface area contributed by atoms with E-state index in [2.05, 4.69) is 20.0 Å². The van der Waals surface area contributed by atoms with Gasteiger partial charge in [-0.25, -0.2) is 4.98 Å². The van der Waals surface area contributed by atoms with Gasteiger partial charge in [0.15, 0.2) is 0 Å². The molecule has 6 heteroatoms. The van der Waals surface area contributed by atoms with Crippen molar-refractivity contribution in [1.82, 2.24) is 24.6 Å². The van der Waals surface area contributed by atoms with Crippen molar-refractivity contribution in [2.24, 2.45) is 0 Å². The first-order valence-corrected chi connectivity index (χ1v) is 6.10. The number of hydrogen-bond donors (Lipinski definition) is 1. The molecule has 0 aliphatic carbocycles. The number of nitrogens with zero attached hydrogens (tertiary/aromatic N) is 4. The first kappa shape index (κ1) is 10.8. The van der Waals surface area contributed by atoms with Crippen LogP contribution in [0.25, 0.3) is 0 Å². The van der Waals surface area contributed by atoms with Crippen LogP contribution in [0.15, 0.2) is 18.7 Å². The van der Waals surface area contributed by atoms with Gasteiger partial charge < -0.3 is 4.98 Å². The molecule has 90 valence electrons. The normalized spacial score (nSPS) is 16.1. The van der Waals surface area contributed by atoms with Crippen molar-refractivity contribution in [1.29, 1.82) is 0 Å². The fourth-order valence-electron chi connectivity index (χ4n) is 2.16. The molecule has 0 spiro atoms. The van der Waals surface area contributed by atoms with Crippen molar-refractivity contribution < 1.29 is 0 Å². The number of nitrogens with one attached hydrogen (secondary N) is 1. The van der Waals surface area contributed by atoms with E-state index in [1.165, 1.54) is 11.4 Å². The molecule has 1 aliphatic rings. The van der Waals surface area contributed by atoms with E-state index in [-0.39, 0.29) is 0 Å². The lowest BCUT2D eigenvalue weighted by Gasteiger charge is -2.25. The predicted molar refractivity (Wildman–Crippen MR) is 64.8 cm³/mol. The molecule has 0 radical (unpaired) electrons. The van der Waals surface area contributed by atoms with Crippen LogP contribution < -0.4 is 0 Å². The Morgan fingerprint density at radius 2 is 2.35 bits per heavy atom. The van der Waals surface area contributed by atoms with Crippen LogP contribution in [0.1, 0.15) is 11.4 Å². The maximum absolute atomic E-state index is 5.82. The highest BCUT2D eigenvalue weighted by Gasteiger charge is 2.17. The summed E-state index contributed by atoms with van der Waals surface area (Å²) in [6.45, 7) is 3.86. The summed E-state index contributed by atoms with van der Waals surface area (Å²) in [5.74, 6) is 0. The van der Waals surface area contributed by atoms with E-state index in [1.807, 2.05) is 10.9 Å². The number of aromatic amines is 1. The number of aromatic nitrogens is 4. The summed E-state index contributed by atoms with van der Waals surface area (Å²) < 4.78 is 1.88. The van der Waals surface area contributed by atoms with Gasteiger partial charge in [0, 0.05) is 32.3 Å². The quantitative estimate of drug-likeness (QED) is 0.895. The molecule has 0 bridgehead atoms. The summed E-state index contributed by atoms with van der Waals surface area (Å²) >= 11 is 5.82. The number of fused-ring (bicyclic) bond motifs is 1. The van der Waals surface area contributed by atoms with Crippen LogP contribution in [0.5, 0.6) is 0 Å². The summed E-state index contributed by atoms with van der Waals surface area (Å²) in [6, 6.07) is 0. The number of H-pyrrole nitrogens is 1. The number of halogens is 1. The van der Waals surface area contributed by atoms with Gasteiger partial charge in [-0.1, -0.05) is 11.6 Å². The third kappa shape index (κ3) is 2.35. The van der Waals surface area contributed by atoms with Gasteiger partial charge in [-0.2, -0.15) is 5.10 Å². The minimum absolute atomic E-state index is 0.694.